The summed E-state index contributed by atoms with van der Waals surface area (Å²) in [6.45, 7) is 1.96. The molecule has 1 aliphatic carbocycles. The predicted molar refractivity (Wildman–Crippen MR) is 52.6 cm³/mol. The lowest BCUT2D eigenvalue weighted by molar-refractivity contribution is 0.878. The molecule has 2 rings (SSSR count). The minimum Gasteiger partial charge on any atom is -0.383 e. The first kappa shape index (κ1) is 8.29. The van der Waals surface area contributed by atoms with Crippen LogP contribution in [0.1, 0.15) is 18.4 Å². The molecule has 0 saturated heterocycles. The Morgan fingerprint density at radius 3 is 2.77 bits per heavy atom. The second-order valence-corrected chi connectivity index (χ2v) is 3.55. The van der Waals surface area contributed by atoms with Gasteiger partial charge in [0.05, 0.1) is 0 Å². The molecule has 0 atom stereocenters. The van der Waals surface area contributed by atoms with E-state index in [-0.39, 0.29) is 0 Å². The minimum atomic E-state index is 0.581. The number of hydrogen-bond acceptors (Lipinski definition) is 4. The Kier molecular flexibility index (Phi) is 1.83. The van der Waals surface area contributed by atoms with Crippen molar-refractivity contribution < 1.29 is 0 Å². The molecule has 1 aliphatic rings. The molecule has 0 bridgehead atoms. The van der Waals surface area contributed by atoms with Crippen LogP contribution in [-0.4, -0.2) is 23.1 Å². The fraction of sp³-hybridized carbons (Fsp3) is 0.556. The molecular formula is C9H14N4. The summed E-state index contributed by atoms with van der Waals surface area (Å²) in [4.78, 5) is 10.4. The van der Waals surface area contributed by atoms with Crippen LogP contribution < -0.4 is 10.6 Å². The van der Waals surface area contributed by atoms with E-state index in [0.29, 0.717) is 11.9 Å². The lowest BCUT2D eigenvalue weighted by atomic mass is 10.3. The zero-order valence-electron chi connectivity index (χ0n) is 7.99. The summed E-state index contributed by atoms with van der Waals surface area (Å²) < 4.78 is 0. The molecule has 1 aromatic rings. The lowest BCUT2D eigenvalue weighted by Crippen LogP contribution is -2.22. The van der Waals surface area contributed by atoms with Crippen LogP contribution in [0.15, 0.2) is 6.33 Å². The fourth-order valence-corrected chi connectivity index (χ4v) is 1.44. The maximum absolute atomic E-state index is 5.70. The van der Waals surface area contributed by atoms with Crippen molar-refractivity contribution in [1.82, 2.24) is 9.97 Å². The molecule has 0 spiro atoms. The average Bonchev–Trinajstić information content (AvgIpc) is 2.91. The van der Waals surface area contributed by atoms with Gasteiger partial charge in [-0.05, 0) is 19.8 Å². The van der Waals surface area contributed by atoms with E-state index in [1.165, 1.54) is 19.2 Å². The Hall–Kier alpha value is -1.32. The SMILES string of the molecule is Cc1c(N)ncnc1N(C)C1CC1. The Bertz CT molecular complexity index is 319. The third-order valence-corrected chi connectivity index (χ3v) is 2.53. The Labute approximate surface area is 77.8 Å². The second-order valence-electron chi connectivity index (χ2n) is 3.55. The number of nitrogen functional groups attached to an aromatic ring is 1. The zero-order valence-corrected chi connectivity index (χ0v) is 7.99. The molecular weight excluding hydrogens is 164 g/mol. The molecule has 0 aliphatic heterocycles. The summed E-state index contributed by atoms with van der Waals surface area (Å²) in [5, 5.41) is 0. The number of rotatable bonds is 2. The first-order chi connectivity index (χ1) is 6.20. The summed E-state index contributed by atoms with van der Waals surface area (Å²) >= 11 is 0. The maximum atomic E-state index is 5.70. The highest BCUT2D eigenvalue weighted by Gasteiger charge is 2.28. The van der Waals surface area contributed by atoms with Gasteiger partial charge in [0.25, 0.3) is 0 Å². The Balaban J connectivity index is 2.32. The van der Waals surface area contributed by atoms with Crippen molar-refractivity contribution in [1.29, 1.82) is 0 Å². The molecule has 0 aromatic carbocycles. The van der Waals surface area contributed by atoms with Crippen LogP contribution in [0.25, 0.3) is 0 Å². The number of anilines is 2. The molecule has 0 radical (unpaired) electrons. The van der Waals surface area contributed by atoms with Crippen molar-refractivity contribution >= 4 is 11.6 Å². The van der Waals surface area contributed by atoms with Gasteiger partial charge < -0.3 is 10.6 Å². The number of aromatic nitrogens is 2. The molecule has 70 valence electrons. The van der Waals surface area contributed by atoms with Gasteiger partial charge >= 0.3 is 0 Å². The molecule has 0 unspecified atom stereocenters. The van der Waals surface area contributed by atoms with Crippen LogP contribution in [0.2, 0.25) is 0 Å². The molecule has 4 heteroatoms. The highest BCUT2D eigenvalue weighted by Crippen LogP contribution is 2.31. The van der Waals surface area contributed by atoms with Gasteiger partial charge in [0, 0.05) is 18.7 Å². The van der Waals surface area contributed by atoms with E-state index >= 15 is 0 Å². The van der Waals surface area contributed by atoms with E-state index in [9.17, 15) is 0 Å². The molecule has 1 heterocycles. The van der Waals surface area contributed by atoms with Gasteiger partial charge in [-0.25, -0.2) is 9.97 Å². The van der Waals surface area contributed by atoms with Crippen LogP contribution >= 0.6 is 0 Å². The van der Waals surface area contributed by atoms with Crippen molar-refractivity contribution in [2.75, 3.05) is 17.7 Å². The van der Waals surface area contributed by atoms with E-state index in [4.69, 9.17) is 5.73 Å². The normalized spacial score (nSPS) is 15.8. The van der Waals surface area contributed by atoms with Crippen LogP contribution in [-0.2, 0) is 0 Å². The van der Waals surface area contributed by atoms with Crippen LogP contribution in [0.4, 0.5) is 11.6 Å². The van der Waals surface area contributed by atoms with Gasteiger partial charge in [-0.1, -0.05) is 0 Å². The highest BCUT2D eigenvalue weighted by molar-refractivity contribution is 5.56. The first-order valence-electron chi connectivity index (χ1n) is 4.50. The number of nitrogens with zero attached hydrogens (tertiary/aromatic N) is 3. The van der Waals surface area contributed by atoms with Gasteiger partial charge in [0.1, 0.15) is 18.0 Å². The molecule has 1 saturated carbocycles. The lowest BCUT2D eigenvalue weighted by Gasteiger charge is -2.19. The van der Waals surface area contributed by atoms with Crippen LogP contribution in [0, 0.1) is 6.92 Å². The van der Waals surface area contributed by atoms with E-state index in [1.54, 1.807) is 0 Å². The minimum absolute atomic E-state index is 0.581. The molecule has 1 fully saturated rings. The van der Waals surface area contributed by atoms with Crippen molar-refractivity contribution in [3.8, 4) is 0 Å². The first-order valence-corrected chi connectivity index (χ1v) is 4.50. The number of hydrogen-bond donors (Lipinski definition) is 1. The van der Waals surface area contributed by atoms with Gasteiger partial charge in [0.15, 0.2) is 0 Å². The predicted octanol–water partition coefficient (Wildman–Crippen LogP) is 0.966. The Morgan fingerprint density at radius 2 is 2.15 bits per heavy atom. The number of nitrogens with two attached hydrogens (primary N) is 1. The summed E-state index contributed by atoms with van der Waals surface area (Å²) in [5.74, 6) is 1.55. The second kappa shape index (κ2) is 2.87. The monoisotopic (exact) mass is 178 g/mol. The van der Waals surface area contributed by atoms with Crippen LogP contribution in [0.3, 0.4) is 0 Å². The van der Waals surface area contributed by atoms with Crippen molar-refractivity contribution in [3.63, 3.8) is 0 Å². The largest absolute Gasteiger partial charge is 0.383 e. The van der Waals surface area contributed by atoms with Crippen molar-refractivity contribution in [3.05, 3.63) is 11.9 Å². The zero-order chi connectivity index (χ0) is 9.42. The van der Waals surface area contributed by atoms with E-state index in [1.807, 2.05) is 6.92 Å². The van der Waals surface area contributed by atoms with E-state index in [2.05, 4.69) is 21.9 Å². The van der Waals surface area contributed by atoms with Crippen molar-refractivity contribution in [2.45, 2.75) is 25.8 Å². The van der Waals surface area contributed by atoms with Crippen molar-refractivity contribution in [2.24, 2.45) is 0 Å². The third-order valence-electron chi connectivity index (χ3n) is 2.53. The van der Waals surface area contributed by atoms with E-state index < -0.39 is 0 Å². The van der Waals surface area contributed by atoms with Gasteiger partial charge in [-0.2, -0.15) is 0 Å². The molecule has 0 amide bonds. The quantitative estimate of drug-likeness (QED) is 0.733. The van der Waals surface area contributed by atoms with Gasteiger partial charge in [-0.3, -0.25) is 0 Å². The summed E-state index contributed by atoms with van der Waals surface area (Å²) in [7, 11) is 2.06. The Morgan fingerprint density at radius 1 is 1.46 bits per heavy atom. The van der Waals surface area contributed by atoms with E-state index in [0.717, 1.165) is 11.4 Å². The third kappa shape index (κ3) is 1.43. The van der Waals surface area contributed by atoms with Crippen LogP contribution in [0.5, 0.6) is 0 Å². The molecule has 4 nitrogen and oxygen atoms in total. The standard InChI is InChI=1S/C9H14N4/c1-6-8(10)11-5-12-9(6)13(2)7-3-4-7/h5,7H,3-4H2,1-2H3,(H2,10,11,12). The highest BCUT2D eigenvalue weighted by atomic mass is 15.2. The topological polar surface area (TPSA) is 55.0 Å². The molecule has 13 heavy (non-hydrogen) atoms. The average molecular weight is 178 g/mol. The van der Waals surface area contributed by atoms with Gasteiger partial charge in [-0.15, -0.1) is 0 Å². The maximum Gasteiger partial charge on any atom is 0.137 e. The molecule has 2 N–H and O–H groups in total. The summed E-state index contributed by atoms with van der Waals surface area (Å²) in [6.07, 6.45) is 4.05. The van der Waals surface area contributed by atoms with Gasteiger partial charge in [0.2, 0.25) is 0 Å². The summed E-state index contributed by atoms with van der Waals surface area (Å²) in [6, 6.07) is 0.660. The molecule has 1 aromatic heterocycles. The fourth-order valence-electron chi connectivity index (χ4n) is 1.44. The smallest absolute Gasteiger partial charge is 0.137 e. The summed E-state index contributed by atoms with van der Waals surface area (Å²) in [5.41, 5.74) is 6.68.